The van der Waals surface area contributed by atoms with E-state index in [1.54, 1.807) is 0 Å². The fourth-order valence-electron chi connectivity index (χ4n) is 2.56. The molecule has 1 aromatic carbocycles. The molecule has 0 spiro atoms. The van der Waals surface area contributed by atoms with Crippen LogP contribution in [-0.4, -0.2) is 30.4 Å². The quantitative estimate of drug-likeness (QED) is 0.923. The van der Waals surface area contributed by atoms with Crippen molar-refractivity contribution < 1.29 is 4.79 Å². The molecule has 3 nitrogen and oxygen atoms in total. The Balaban J connectivity index is 1.88. The number of piperidine rings is 1. The summed E-state index contributed by atoms with van der Waals surface area (Å²) in [6.07, 6.45) is 2.48. The number of aryl methyl sites for hydroxylation is 1. The molecule has 0 aromatic heterocycles. The van der Waals surface area contributed by atoms with E-state index in [0.29, 0.717) is 12.5 Å². The third-order valence-corrected chi connectivity index (χ3v) is 4.44. The van der Waals surface area contributed by atoms with Crippen LogP contribution in [-0.2, 0) is 4.79 Å². The van der Waals surface area contributed by atoms with Crippen molar-refractivity contribution >= 4 is 27.5 Å². The first-order valence-electron chi connectivity index (χ1n) is 6.83. The number of rotatable bonds is 3. The lowest BCUT2D eigenvalue weighted by Gasteiger charge is -2.30. The molecule has 1 fully saturated rings. The summed E-state index contributed by atoms with van der Waals surface area (Å²) in [4.78, 5) is 14.3. The minimum Gasteiger partial charge on any atom is -0.325 e. The van der Waals surface area contributed by atoms with Crippen molar-refractivity contribution in [1.29, 1.82) is 0 Å². The van der Waals surface area contributed by atoms with Gasteiger partial charge in [0.05, 0.1) is 6.54 Å². The number of nitrogens with one attached hydrogen (secondary N) is 1. The van der Waals surface area contributed by atoms with Crippen LogP contribution in [0.4, 0.5) is 5.69 Å². The van der Waals surface area contributed by atoms with Gasteiger partial charge >= 0.3 is 0 Å². The number of hydrogen-bond acceptors (Lipinski definition) is 2. The van der Waals surface area contributed by atoms with Crippen LogP contribution in [0.3, 0.4) is 0 Å². The number of anilines is 1. The second-order valence-electron chi connectivity index (χ2n) is 5.49. The van der Waals surface area contributed by atoms with Crippen LogP contribution in [0.25, 0.3) is 0 Å². The number of halogens is 1. The highest BCUT2D eigenvalue weighted by molar-refractivity contribution is 9.10. The summed E-state index contributed by atoms with van der Waals surface area (Å²) < 4.78 is 1.07. The first kappa shape index (κ1) is 14.5. The number of benzene rings is 1. The largest absolute Gasteiger partial charge is 0.325 e. The molecule has 1 N–H and O–H groups in total. The van der Waals surface area contributed by atoms with Gasteiger partial charge in [-0.3, -0.25) is 9.69 Å². The van der Waals surface area contributed by atoms with Gasteiger partial charge in [0.25, 0.3) is 0 Å². The highest BCUT2D eigenvalue weighted by Crippen LogP contribution is 2.20. The fraction of sp³-hybridized carbons (Fsp3) is 0.533. The van der Waals surface area contributed by atoms with Gasteiger partial charge in [0, 0.05) is 16.7 Å². The molecule has 104 valence electrons. The smallest absolute Gasteiger partial charge is 0.238 e. The molecular weight excluding hydrogens is 304 g/mol. The van der Waals surface area contributed by atoms with Crippen molar-refractivity contribution in [2.75, 3.05) is 25.0 Å². The number of likely N-dealkylation sites (tertiary alicyclic amines) is 1. The van der Waals surface area contributed by atoms with Gasteiger partial charge in [-0.25, -0.2) is 0 Å². The van der Waals surface area contributed by atoms with Crippen LogP contribution in [0.5, 0.6) is 0 Å². The minimum absolute atomic E-state index is 0.0795. The summed E-state index contributed by atoms with van der Waals surface area (Å²) in [6.45, 7) is 6.84. The highest BCUT2D eigenvalue weighted by atomic mass is 79.9. The Bertz CT molecular complexity index is 461. The van der Waals surface area contributed by atoms with Gasteiger partial charge in [-0.15, -0.1) is 0 Å². The average Bonchev–Trinajstić information content (AvgIpc) is 2.34. The summed E-state index contributed by atoms with van der Waals surface area (Å²) >= 11 is 3.46. The monoisotopic (exact) mass is 324 g/mol. The zero-order chi connectivity index (χ0) is 13.8. The SMILES string of the molecule is Cc1cc(NC(=O)CN2CCCC(C)C2)ccc1Br. The normalized spacial score (nSPS) is 20.3. The van der Waals surface area contributed by atoms with E-state index in [-0.39, 0.29) is 5.91 Å². The lowest BCUT2D eigenvalue weighted by molar-refractivity contribution is -0.117. The first-order valence-corrected chi connectivity index (χ1v) is 7.62. The number of carbonyl (C=O) groups excluding carboxylic acids is 1. The molecule has 0 aliphatic carbocycles. The van der Waals surface area contributed by atoms with E-state index in [2.05, 4.69) is 33.1 Å². The molecule has 0 bridgehead atoms. The van der Waals surface area contributed by atoms with Gasteiger partial charge in [0.1, 0.15) is 0 Å². The lowest BCUT2D eigenvalue weighted by atomic mass is 10.0. The molecule has 1 atom stereocenters. The first-order chi connectivity index (χ1) is 9.04. The van der Waals surface area contributed by atoms with E-state index in [1.807, 2.05) is 25.1 Å². The van der Waals surface area contributed by atoms with Crippen LogP contribution in [0, 0.1) is 12.8 Å². The Kier molecular flexibility index (Phi) is 4.99. The summed E-state index contributed by atoms with van der Waals surface area (Å²) in [5, 5.41) is 2.97. The van der Waals surface area contributed by atoms with Gasteiger partial charge in [-0.1, -0.05) is 22.9 Å². The molecule has 19 heavy (non-hydrogen) atoms. The Morgan fingerprint density at radius 2 is 2.32 bits per heavy atom. The van der Waals surface area contributed by atoms with Crippen molar-refractivity contribution in [1.82, 2.24) is 4.90 Å². The van der Waals surface area contributed by atoms with Crippen LogP contribution < -0.4 is 5.32 Å². The minimum atomic E-state index is 0.0795. The average molecular weight is 325 g/mol. The van der Waals surface area contributed by atoms with E-state index in [0.717, 1.165) is 28.8 Å². The van der Waals surface area contributed by atoms with Crippen molar-refractivity contribution in [2.24, 2.45) is 5.92 Å². The van der Waals surface area contributed by atoms with Crippen LogP contribution >= 0.6 is 15.9 Å². The summed E-state index contributed by atoms with van der Waals surface area (Å²) in [5.41, 5.74) is 2.00. The number of nitrogens with zero attached hydrogens (tertiary/aromatic N) is 1. The number of amides is 1. The summed E-state index contributed by atoms with van der Waals surface area (Å²) in [5.74, 6) is 0.785. The van der Waals surface area contributed by atoms with Crippen molar-refractivity contribution in [3.05, 3.63) is 28.2 Å². The molecule has 0 radical (unpaired) electrons. The van der Waals surface area contributed by atoms with Gasteiger partial charge in [-0.05, 0) is 56.0 Å². The standard InChI is InChI=1S/C15H21BrN2O/c1-11-4-3-7-18(9-11)10-15(19)17-13-5-6-14(16)12(2)8-13/h5-6,8,11H,3-4,7,9-10H2,1-2H3,(H,17,19). The molecule has 1 unspecified atom stereocenters. The summed E-state index contributed by atoms with van der Waals surface area (Å²) in [7, 11) is 0. The van der Waals surface area contributed by atoms with Gasteiger partial charge in [0.2, 0.25) is 5.91 Å². The van der Waals surface area contributed by atoms with Gasteiger partial charge in [0.15, 0.2) is 0 Å². The Morgan fingerprint density at radius 1 is 1.53 bits per heavy atom. The van der Waals surface area contributed by atoms with Crippen molar-refractivity contribution in [3.8, 4) is 0 Å². The highest BCUT2D eigenvalue weighted by Gasteiger charge is 2.18. The molecule has 1 amide bonds. The van der Waals surface area contributed by atoms with E-state index in [4.69, 9.17) is 0 Å². The molecule has 1 aliphatic rings. The predicted molar refractivity (Wildman–Crippen MR) is 82.3 cm³/mol. The van der Waals surface area contributed by atoms with Crippen molar-refractivity contribution in [3.63, 3.8) is 0 Å². The second-order valence-corrected chi connectivity index (χ2v) is 6.35. The number of hydrogen-bond donors (Lipinski definition) is 1. The molecule has 2 rings (SSSR count). The van der Waals surface area contributed by atoms with E-state index < -0.39 is 0 Å². The maximum atomic E-state index is 12.0. The Hall–Kier alpha value is -0.870. The van der Waals surface area contributed by atoms with Crippen LogP contribution in [0.15, 0.2) is 22.7 Å². The van der Waals surface area contributed by atoms with Crippen LogP contribution in [0.2, 0.25) is 0 Å². The molecule has 1 aliphatic heterocycles. The second kappa shape index (κ2) is 6.53. The molecule has 1 aromatic rings. The van der Waals surface area contributed by atoms with E-state index in [1.165, 1.54) is 12.8 Å². The lowest BCUT2D eigenvalue weighted by Crippen LogP contribution is -2.39. The Labute approximate surface area is 123 Å². The maximum Gasteiger partial charge on any atom is 0.238 e. The van der Waals surface area contributed by atoms with Gasteiger partial charge in [-0.2, -0.15) is 0 Å². The van der Waals surface area contributed by atoms with Crippen molar-refractivity contribution in [2.45, 2.75) is 26.7 Å². The zero-order valence-corrected chi connectivity index (χ0v) is 13.2. The van der Waals surface area contributed by atoms with E-state index >= 15 is 0 Å². The molecule has 0 saturated carbocycles. The fourth-order valence-corrected chi connectivity index (χ4v) is 2.80. The van der Waals surface area contributed by atoms with Gasteiger partial charge < -0.3 is 5.32 Å². The third-order valence-electron chi connectivity index (χ3n) is 3.55. The Morgan fingerprint density at radius 3 is 3.00 bits per heavy atom. The molecular formula is C15H21BrN2O. The molecule has 1 saturated heterocycles. The van der Waals surface area contributed by atoms with E-state index in [9.17, 15) is 4.79 Å². The summed E-state index contributed by atoms with van der Waals surface area (Å²) in [6, 6.07) is 5.88. The third kappa shape index (κ3) is 4.32. The molecule has 1 heterocycles. The van der Waals surface area contributed by atoms with Crippen LogP contribution in [0.1, 0.15) is 25.3 Å². The maximum absolute atomic E-state index is 12.0. The zero-order valence-electron chi connectivity index (χ0n) is 11.6. The molecule has 4 heteroatoms. The number of carbonyl (C=O) groups is 1. The topological polar surface area (TPSA) is 32.3 Å². The predicted octanol–water partition coefficient (Wildman–Crippen LogP) is 3.43.